The fourth-order valence-corrected chi connectivity index (χ4v) is 2.68. The van der Waals surface area contributed by atoms with Crippen LogP contribution in [0.25, 0.3) is 10.8 Å². The van der Waals surface area contributed by atoms with Crippen LogP contribution in [0.4, 0.5) is 4.39 Å². The van der Waals surface area contributed by atoms with Crippen LogP contribution < -0.4 is 11.3 Å². The third-order valence-corrected chi connectivity index (χ3v) is 3.84. The van der Waals surface area contributed by atoms with Gasteiger partial charge >= 0.3 is 0 Å². The molecule has 2 nitrogen and oxygen atoms in total. The molecule has 106 valence electrons. The Morgan fingerprint density at radius 1 is 0.905 bits per heavy atom. The van der Waals surface area contributed by atoms with Crippen LogP contribution in [0.15, 0.2) is 60.7 Å². The molecule has 0 radical (unpaired) electrons. The molecule has 1 atom stereocenters. The fraction of sp³-hybridized carbons (Fsp3) is 0.0588. The number of nitrogens with two attached hydrogens (primary N) is 1. The van der Waals surface area contributed by atoms with Crippen molar-refractivity contribution in [1.82, 2.24) is 5.43 Å². The zero-order chi connectivity index (χ0) is 14.8. The number of fused-ring (bicyclic) bond motifs is 1. The fourth-order valence-electron chi connectivity index (χ4n) is 2.56. The van der Waals surface area contributed by atoms with Gasteiger partial charge in [-0.05, 0) is 34.7 Å². The molecule has 0 heterocycles. The molecule has 0 fully saturated rings. The minimum absolute atomic E-state index is 0.229. The van der Waals surface area contributed by atoms with E-state index >= 15 is 0 Å². The summed E-state index contributed by atoms with van der Waals surface area (Å²) in [7, 11) is 0. The summed E-state index contributed by atoms with van der Waals surface area (Å²) in [6, 6.07) is 17.8. The van der Waals surface area contributed by atoms with Crippen molar-refractivity contribution in [1.29, 1.82) is 0 Å². The van der Waals surface area contributed by atoms with Crippen LogP contribution >= 0.6 is 11.6 Å². The largest absolute Gasteiger partial charge is 0.271 e. The van der Waals surface area contributed by atoms with Crippen molar-refractivity contribution >= 4 is 22.4 Å². The zero-order valence-electron chi connectivity index (χ0n) is 11.2. The molecule has 0 aromatic heterocycles. The van der Waals surface area contributed by atoms with Gasteiger partial charge in [-0.15, -0.1) is 0 Å². The SMILES string of the molecule is NNC(c1ccc(Cl)cc1)c1ccc(F)c2ccccc12. The molecule has 21 heavy (non-hydrogen) atoms. The Bertz CT molecular complexity index is 771. The van der Waals surface area contributed by atoms with Crippen LogP contribution in [0.3, 0.4) is 0 Å². The van der Waals surface area contributed by atoms with Crippen LogP contribution in [0, 0.1) is 5.82 Å². The minimum atomic E-state index is -0.235. The molecule has 3 aromatic carbocycles. The Morgan fingerprint density at radius 3 is 2.24 bits per heavy atom. The Kier molecular flexibility index (Phi) is 3.88. The van der Waals surface area contributed by atoms with Crippen molar-refractivity contribution in [3.63, 3.8) is 0 Å². The molecule has 3 rings (SSSR count). The molecule has 0 bridgehead atoms. The normalized spacial score (nSPS) is 12.5. The first-order valence-electron chi connectivity index (χ1n) is 6.59. The summed E-state index contributed by atoms with van der Waals surface area (Å²) in [5.41, 5.74) is 4.70. The second-order valence-electron chi connectivity index (χ2n) is 4.83. The Morgan fingerprint density at radius 2 is 1.57 bits per heavy atom. The third-order valence-electron chi connectivity index (χ3n) is 3.59. The van der Waals surface area contributed by atoms with E-state index in [-0.39, 0.29) is 11.9 Å². The maximum Gasteiger partial charge on any atom is 0.131 e. The molecule has 0 spiro atoms. The summed E-state index contributed by atoms with van der Waals surface area (Å²) in [4.78, 5) is 0. The van der Waals surface area contributed by atoms with E-state index in [2.05, 4.69) is 5.43 Å². The molecule has 1 unspecified atom stereocenters. The van der Waals surface area contributed by atoms with E-state index in [4.69, 9.17) is 17.4 Å². The lowest BCUT2D eigenvalue weighted by molar-refractivity contribution is 0.628. The second kappa shape index (κ2) is 5.82. The molecule has 0 saturated carbocycles. The van der Waals surface area contributed by atoms with Crippen LogP contribution in [0.1, 0.15) is 17.2 Å². The Balaban J connectivity index is 2.17. The van der Waals surface area contributed by atoms with E-state index in [1.54, 1.807) is 12.1 Å². The predicted octanol–water partition coefficient (Wildman–Crippen LogP) is 4.19. The monoisotopic (exact) mass is 300 g/mol. The van der Waals surface area contributed by atoms with Gasteiger partial charge in [0, 0.05) is 10.4 Å². The molecule has 4 heteroatoms. The van der Waals surface area contributed by atoms with E-state index in [1.807, 2.05) is 42.5 Å². The molecule has 0 saturated heterocycles. The minimum Gasteiger partial charge on any atom is -0.271 e. The number of nitrogens with one attached hydrogen (secondary N) is 1. The average molecular weight is 301 g/mol. The van der Waals surface area contributed by atoms with Crippen molar-refractivity contribution in [2.75, 3.05) is 0 Å². The molecular weight excluding hydrogens is 287 g/mol. The maximum atomic E-state index is 13.9. The highest BCUT2D eigenvalue weighted by Crippen LogP contribution is 2.30. The van der Waals surface area contributed by atoms with Gasteiger partial charge in [-0.1, -0.05) is 54.1 Å². The molecule has 0 aliphatic rings. The first kappa shape index (κ1) is 14.0. The van der Waals surface area contributed by atoms with Crippen molar-refractivity contribution in [2.24, 2.45) is 5.84 Å². The number of hydrazine groups is 1. The number of rotatable bonds is 3. The summed E-state index contributed by atoms with van der Waals surface area (Å²) in [5.74, 6) is 5.49. The summed E-state index contributed by atoms with van der Waals surface area (Å²) in [6.45, 7) is 0. The molecule has 0 aliphatic heterocycles. The quantitative estimate of drug-likeness (QED) is 0.562. The maximum absolute atomic E-state index is 13.9. The van der Waals surface area contributed by atoms with E-state index < -0.39 is 0 Å². The van der Waals surface area contributed by atoms with Crippen molar-refractivity contribution < 1.29 is 4.39 Å². The van der Waals surface area contributed by atoms with Gasteiger partial charge in [0.15, 0.2) is 0 Å². The van der Waals surface area contributed by atoms with Gasteiger partial charge in [0.05, 0.1) is 6.04 Å². The van der Waals surface area contributed by atoms with Gasteiger partial charge in [0.1, 0.15) is 5.82 Å². The van der Waals surface area contributed by atoms with Crippen molar-refractivity contribution in [2.45, 2.75) is 6.04 Å². The van der Waals surface area contributed by atoms with Gasteiger partial charge in [0.2, 0.25) is 0 Å². The van der Waals surface area contributed by atoms with Crippen molar-refractivity contribution in [3.8, 4) is 0 Å². The highest BCUT2D eigenvalue weighted by atomic mass is 35.5. The van der Waals surface area contributed by atoms with Crippen LogP contribution in [0.5, 0.6) is 0 Å². The highest BCUT2D eigenvalue weighted by Gasteiger charge is 2.16. The Hall–Kier alpha value is -1.94. The summed E-state index contributed by atoms with van der Waals surface area (Å²) in [6.07, 6.45) is 0. The summed E-state index contributed by atoms with van der Waals surface area (Å²) >= 11 is 5.92. The van der Waals surface area contributed by atoms with Gasteiger partial charge in [0.25, 0.3) is 0 Å². The van der Waals surface area contributed by atoms with E-state index in [1.165, 1.54) is 6.07 Å². The van der Waals surface area contributed by atoms with Gasteiger partial charge in [-0.2, -0.15) is 0 Å². The van der Waals surface area contributed by atoms with Crippen LogP contribution in [-0.2, 0) is 0 Å². The summed E-state index contributed by atoms with van der Waals surface area (Å²) in [5, 5.41) is 2.10. The first-order chi connectivity index (χ1) is 10.2. The van der Waals surface area contributed by atoms with Crippen LogP contribution in [-0.4, -0.2) is 0 Å². The standard InChI is InChI=1S/C17H14ClFN2/c18-12-7-5-11(6-8-12)17(21-20)15-9-10-16(19)14-4-2-1-3-13(14)15/h1-10,17,21H,20H2. The number of benzene rings is 3. The second-order valence-corrected chi connectivity index (χ2v) is 5.27. The molecule has 0 amide bonds. The molecule has 3 aromatic rings. The lowest BCUT2D eigenvalue weighted by Gasteiger charge is -2.19. The summed E-state index contributed by atoms with van der Waals surface area (Å²) < 4.78 is 13.9. The van der Waals surface area contributed by atoms with E-state index in [9.17, 15) is 4.39 Å². The lowest BCUT2D eigenvalue weighted by atomic mass is 9.94. The number of hydrogen-bond acceptors (Lipinski definition) is 2. The Labute approximate surface area is 127 Å². The number of halogens is 2. The third kappa shape index (κ3) is 2.63. The van der Waals surface area contributed by atoms with E-state index in [0.29, 0.717) is 10.4 Å². The number of hydrogen-bond donors (Lipinski definition) is 2. The topological polar surface area (TPSA) is 38.0 Å². The zero-order valence-corrected chi connectivity index (χ0v) is 11.9. The molecular formula is C17H14ClFN2. The van der Waals surface area contributed by atoms with Crippen molar-refractivity contribution in [3.05, 3.63) is 82.6 Å². The smallest absolute Gasteiger partial charge is 0.131 e. The average Bonchev–Trinajstić information content (AvgIpc) is 2.52. The molecule has 0 aliphatic carbocycles. The van der Waals surface area contributed by atoms with Gasteiger partial charge < -0.3 is 0 Å². The predicted molar refractivity (Wildman–Crippen MR) is 84.5 cm³/mol. The van der Waals surface area contributed by atoms with Gasteiger partial charge in [-0.25, -0.2) is 9.82 Å². The first-order valence-corrected chi connectivity index (χ1v) is 6.97. The lowest BCUT2D eigenvalue weighted by Crippen LogP contribution is -2.29. The van der Waals surface area contributed by atoms with E-state index in [0.717, 1.165) is 16.5 Å². The molecule has 3 N–H and O–H groups in total. The van der Waals surface area contributed by atoms with Gasteiger partial charge in [-0.3, -0.25) is 5.84 Å². The highest BCUT2D eigenvalue weighted by molar-refractivity contribution is 6.30. The van der Waals surface area contributed by atoms with Crippen LogP contribution in [0.2, 0.25) is 5.02 Å².